The lowest BCUT2D eigenvalue weighted by Crippen LogP contribution is -2.42. The first-order valence-electron chi connectivity index (χ1n) is 10.6. The van der Waals surface area contributed by atoms with Gasteiger partial charge in [-0.25, -0.2) is 22.5 Å². The van der Waals surface area contributed by atoms with E-state index in [-0.39, 0.29) is 23.0 Å². The van der Waals surface area contributed by atoms with Crippen LogP contribution in [-0.2, 0) is 29.7 Å². The number of rotatable bonds is 7. The zero-order valence-electron chi connectivity index (χ0n) is 19.0. The average Bonchev–Trinajstić information content (AvgIpc) is 3.16. The molecule has 4 aromatic rings. The van der Waals surface area contributed by atoms with Gasteiger partial charge in [-0.1, -0.05) is 11.6 Å². The third-order valence-corrected chi connectivity index (χ3v) is 5.57. The molecule has 13 heteroatoms. The van der Waals surface area contributed by atoms with E-state index in [2.05, 4.69) is 10.4 Å². The fourth-order valence-corrected chi connectivity index (χ4v) is 3.82. The van der Waals surface area contributed by atoms with Crippen LogP contribution in [0.5, 0.6) is 0 Å². The summed E-state index contributed by atoms with van der Waals surface area (Å²) >= 11 is 6.36. The maximum absolute atomic E-state index is 14.4. The summed E-state index contributed by atoms with van der Waals surface area (Å²) in [6, 6.07) is 5.16. The van der Waals surface area contributed by atoms with Crippen LogP contribution in [0.15, 0.2) is 46.1 Å². The van der Waals surface area contributed by atoms with E-state index < -0.39 is 47.8 Å². The Morgan fingerprint density at radius 1 is 1.06 bits per heavy atom. The van der Waals surface area contributed by atoms with E-state index in [9.17, 15) is 27.6 Å². The third kappa shape index (κ3) is 4.98. The number of benzene rings is 2. The van der Waals surface area contributed by atoms with E-state index in [0.29, 0.717) is 33.3 Å². The number of carbonyl (C=O) groups is 1. The highest BCUT2D eigenvalue weighted by atomic mass is 35.5. The van der Waals surface area contributed by atoms with Crippen molar-refractivity contribution in [3.05, 3.63) is 85.4 Å². The molecule has 0 saturated heterocycles. The number of hydrogen-bond acceptors (Lipinski definition) is 6. The number of carbonyl (C=O) groups excluding carboxylic acids is 1. The molecule has 2 aromatic heterocycles. The molecule has 2 heterocycles. The van der Waals surface area contributed by atoms with E-state index in [1.54, 1.807) is 37.0 Å². The number of fused-ring (bicyclic) bond motifs is 1. The first-order chi connectivity index (χ1) is 17.1. The molecule has 0 unspecified atom stereocenters. The first kappa shape index (κ1) is 25.0. The summed E-state index contributed by atoms with van der Waals surface area (Å²) in [6.45, 7) is 0.284. The van der Waals surface area contributed by atoms with Crippen molar-refractivity contribution < 1.29 is 22.7 Å². The number of halogens is 4. The van der Waals surface area contributed by atoms with Gasteiger partial charge >= 0.3 is 11.7 Å². The fourth-order valence-electron chi connectivity index (χ4n) is 3.61. The summed E-state index contributed by atoms with van der Waals surface area (Å²) in [5.41, 5.74) is -1.34. The lowest BCUT2D eigenvalue weighted by atomic mass is 10.2. The summed E-state index contributed by atoms with van der Waals surface area (Å²) in [4.78, 5) is 37.9. The predicted molar refractivity (Wildman–Crippen MR) is 126 cm³/mol. The van der Waals surface area contributed by atoms with Gasteiger partial charge in [0, 0.05) is 36.3 Å². The van der Waals surface area contributed by atoms with Gasteiger partial charge in [-0.05, 0) is 25.1 Å². The molecule has 0 radical (unpaired) electrons. The Morgan fingerprint density at radius 2 is 1.78 bits per heavy atom. The second-order valence-corrected chi connectivity index (χ2v) is 8.21. The SMILES string of the molecule is CCOC(=O)Cn1c(=O)cc(Nc2cc3cn(C)nc3cc2Cl)n(Cc2cc(F)c(F)cc2F)c1=O. The van der Waals surface area contributed by atoms with Gasteiger partial charge in [0.2, 0.25) is 0 Å². The Labute approximate surface area is 206 Å². The molecule has 0 bridgehead atoms. The van der Waals surface area contributed by atoms with Crippen molar-refractivity contribution in [2.45, 2.75) is 20.0 Å². The van der Waals surface area contributed by atoms with E-state index >= 15 is 0 Å². The van der Waals surface area contributed by atoms with E-state index in [1.165, 1.54) is 0 Å². The second-order valence-electron chi connectivity index (χ2n) is 7.80. The third-order valence-electron chi connectivity index (χ3n) is 5.26. The standard InChI is InChI=1S/C23H19ClF3N5O4/c1-3-36-22(34)11-32-21(33)8-20(28-19-5-13-9-30(2)29-18(13)6-14(19)24)31(23(32)35)10-12-4-16(26)17(27)7-15(12)25/h4-9,28H,3,10-11H2,1-2H3. The van der Waals surface area contributed by atoms with Gasteiger partial charge in [0.05, 0.1) is 29.4 Å². The molecule has 0 aliphatic heterocycles. The summed E-state index contributed by atoms with van der Waals surface area (Å²) < 4.78 is 49.6. The topological polar surface area (TPSA) is 100 Å². The van der Waals surface area contributed by atoms with Gasteiger partial charge in [-0.2, -0.15) is 5.10 Å². The minimum atomic E-state index is -1.40. The van der Waals surface area contributed by atoms with Crippen LogP contribution in [-0.4, -0.2) is 31.5 Å². The van der Waals surface area contributed by atoms with Crippen molar-refractivity contribution in [1.82, 2.24) is 18.9 Å². The molecular formula is C23H19ClF3N5O4. The Bertz CT molecular complexity index is 1610. The summed E-state index contributed by atoms with van der Waals surface area (Å²) in [6.07, 6.45) is 1.72. The zero-order chi connectivity index (χ0) is 26.1. The molecule has 0 fully saturated rings. The number of esters is 1. The molecule has 0 atom stereocenters. The van der Waals surface area contributed by atoms with Crippen LogP contribution in [0.3, 0.4) is 0 Å². The number of aromatic nitrogens is 4. The minimum absolute atomic E-state index is 0.0246. The van der Waals surface area contributed by atoms with Crippen LogP contribution < -0.4 is 16.6 Å². The van der Waals surface area contributed by atoms with Gasteiger partial charge in [-0.15, -0.1) is 0 Å². The van der Waals surface area contributed by atoms with Gasteiger partial charge < -0.3 is 10.1 Å². The molecule has 2 aromatic carbocycles. The Morgan fingerprint density at radius 3 is 2.50 bits per heavy atom. The molecule has 0 aliphatic carbocycles. The van der Waals surface area contributed by atoms with Crippen molar-refractivity contribution in [2.24, 2.45) is 7.05 Å². The van der Waals surface area contributed by atoms with E-state index in [4.69, 9.17) is 16.3 Å². The molecule has 1 N–H and O–H groups in total. The van der Waals surface area contributed by atoms with Crippen LogP contribution in [0.2, 0.25) is 5.02 Å². The molecule has 0 amide bonds. The summed E-state index contributed by atoms with van der Waals surface area (Å²) in [5, 5.41) is 8.02. The summed E-state index contributed by atoms with van der Waals surface area (Å²) in [7, 11) is 1.72. The number of hydrogen-bond donors (Lipinski definition) is 1. The Kier molecular flexibility index (Phi) is 6.88. The van der Waals surface area contributed by atoms with Gasteiger partial charge in [0.25, 0.3) is 5.56 Å². The lowest BCUT2D eigenvalue weighted by Gasteiger charge is -2.18. The molecule has 0 spiro atoms. The number of nitrogens with zero attached hydrogens (tertiary/aromatic N) is 4. The van der Waals surface area contributed by atoms with Crippen LogP contribution >= 0.6 is 11.6 Å². The summed E-state index contributed by atoms with van der Waals surface area (Å²) in [5.74, 6) is -4.79. The largest absolute Gasteiger partial charge is 0.465 e. The molecule has 0 saturated carbocycles. The molecule has 4 rings (SSSR count). The number of aryl methyl sites for hydroxylation is 1. The number of nitrogens with one attached hydrogen (secondary N) is 1. The molecule has 9 nitrogen and oxygen atoms in total. The minimum Gasteiger partial charge on any atom is -0.465 e. The normalized spacial score (nSPS) is 11.2. The van der Waals surface area contributed by atoms with Crippen LogP contribution in [0.25, 0.3) is 10.9 Å². The van der Waals surface area contributed by atoms with Crippen LogP contribution in [0.1, 0.15) is 12.5 Å². The predicted octanol–water partition coefficient (Wildman–Crippen LogP) is 3.32. The fraction of sp³-hybridized carbons (Fsp3) is 0.217. The lowest BCUT2D eigenvalue weighted by molar-refractivity contribution is -0.143. The monoisotopic (exact) mass is 521 g/mol. The van der Waals surface area contributed by atoms with Crippen LogP contribution in [0.4, 0.5) is 24.7 Å². The van der Waals surface area contributed by atoms with E-state index in [0.717, 1.165) is 10.6 Å². The molecular weight excluding hydrogens is 503 g/mol. The van der Waals surface area contributed by atoms with Crippen molar-refractivity contribution >= 4 is 40.0 Å². The molecule has 0 aliphatic rings. The second kappa shape index (κ2) is 9.90. The molecule has 36 heavy (non-hydrogen) atoms. The zero-order valence-corrected chi connectivity index (χ0v) is 19.8. The number of ether oxygens (including phenoxy) is 1. The van der Waals surface area contributed by atoms with Crippen molar-refractivity contribution in [1.29, 1.82) is 0 Å². The highest BCUT2D eigenvalue weighted by Gasteiger charge is 2.19. The Balaban J connectivity index is 1.85. The smallest absolute Gasteiger partial charge is 0.333 e. The van der Waals surface area contributed by atoms with Crippen molar-refractivity contribution in [2.75, 3.05) is 11.9 Å². The Hall–Kier alpha value is -4.06. The molecule has 188 valence electrons. The first-order valence-corrected chi connectivity index (χ1v) is 11.0. The average molecular weight is 522 g/mol. The number of anilines is 2. The maximum Gasteiger partial charge on any atom is 0.333 e. The highest BCUT2D eigenvalue weighted by molar-refractivity contribution is 6.34. The van der Waals surface area contributed by atoms with E-state index in [1.807, 2.05) is 0 Å². The van der Waals surface area contributed by atoms with Crippen molar-refractivity contribution in [3.63, 3.8) is 0 Å². The quantitative estimate of drug-likeness (QED) is 0.296. The highest BCUT2D eigenvalue weighted by Crippen LogP contribution is 2.30. The van der Waals surface area contributed by atoms with Gasteiger partial charge in [0.1, 0.15) is 18.2 Å². The maximum atomic E-state index is 14.4. The van der Waals surface area contributed by atoms with Crippen LogP contribution in [0, 0.1) is 17.5 Å². The van der Waals surface area contributed by atoms with Gasteiger partial charge in [0.15, 0.2) is 11.6 Å². The van der Waals surface area contributed by atoms with Gasteiger partial charge in [-0.3, -0.25) is 18.8 Å². The van der Waals surface area contributed by atoms with Crippen molar-refractivity contribution in [3.8, 4) is 0 Å².